The van der Waals surface area contributed by atoms with Gasteiger partial charge < -0.3 is 14.4 Å². The highest BCUT2D eigenvalue weighted by Gasteiger charge is 2.35. The first-order valence-electron chi connectivity index (χ1n) is 10.3. The highest BCUT2D eigenvalue weighted by molar-refractivity contribution is 7.99. The number of hydrogen-bond acceptors (Lipinski definition) is 5. The van der Waals surface area contributed by atoms with Crippen LogP contribution in [0.4, 0.5) is 11.4 Å². The van der Waals surface area contributed by atoms with Gasteiger partial charge in [-0.15, -0.1) is 11.8 Å². The number of fused-ring (bicyclic) bond motifs is 1. The first-order chi connectivity index (χ1) is 14.1. The number of anilines is 2. The van der Waals surface area contributed by atoms with Crippen LogP contribution in [-0.2, 0) is 4.74 Å². The van der Waals surface area contributed by atoms with E-state index in [0.717, 1.165) is 29.3 Å². The maximum atomic E-state index is 12.3. The predicted octanol–water partition coefficient (Wildman–Crippen LogP) is 6.31. The van der Waals surface area contributed by atoms with E-state index in [0.29, 0.717) is 11.3 Å². The Morgan fingerprint density at radius 3 is 2.55 bits per heavy atom. The molecule has 3 rings (SSSR count). The third-order valence-electron chi connectivity index (χ3n) is 5.88. The van der Waals surface area contributed by atoms with E-state index in [4.69, 9.17) is 9.47 Å². The van der Waals surface area contributed by atoms with E-state index in [1.165, 1.54) is 32.1 Å². The van der Waals surface area contributed by atoms with Crippen LogP contribution in [0.1, 0.15) is 49.9 Å². The lowest BCUT2D eigenvalue weighted by Crippen LogP contribution is -2.36. The molecule has 0 saturated heterocycles. The summed E-state index contributed by atoms with van der Waals surface area (Å²) in [4.78, 5) is 15.8. The van der Waals surface area contributed by atoms with Gasteiger partial charge in [0, 0.05) is 28.9 Å². The number of methoxy groups -OCH3 is 2. The van der Waals surface area contributed by atoms with Crippen LogP contribution in [0, 0.1) is 5.41 Å². The number of benzene rings is 2. The minimum absolute atomic E-state index is 0.216. The second-order valence-electron chi connectivity index (χ2n) is 7.68. The zero-order valence-corrected chi connectivity index (χ0v) is 18.7. The number of thioether (sulfide) groups is 1. The molecule has 0 bridgehead atoms. The van der Waals surface area contributed by atoms with Crippen LogP contribution in [0.2, 0.25) is 0 Å². The molecule has 1 unspecified atom stereocenters. The van der Waals surface area contributed by atoms with Gasteiger partial charge in [0.15, 0.2) is 0 Å². The molecule has 4 nitrogen and oxygen atoms in total. The van der Waals surface area contributed by atoms with E-state index < -0.39 is 0 Å². The first kappa shape index (κ1) is 21.6. The third kappa shape index (κ3) is 4.55. The molecule has 0 aliphatic carbocycles. The molecule has 0 aromatic heterocycles. The molecule has 1 atom stereocenters. The van der Waals surface area contributed by atoms with Gasteiger partial charge in [0.1, 0.15) is 11.3 Å². The van der Waals surface area contributed by atoms with Crippen molar-refractivity contribution in [3.05, 3.63) is 48.0 Å². The molecule has 5 heteroatoms. The Balaban J connectivity index is 2.14. The monoisotopic (exact) mass is 413 g/mol. The standard InChI is InChI=1S/C24H31NO3S/c1-5-7-13-24(6-2)16-25(18-11-9-8-10-12-18)20-15-21(27-3)19(23(26)28-4)14-22(20)29-17-24/h8-12,14-15H,5-7,13,16-17H2,1-4H3. The van der Waals surface area contributed by atoms with Crippen LogP contribution in [0.5, 0.6) is 5.75 Å². The Morgan fingerprint density at radius 2 is 1.93 bits per heavy atom. The van der Waals surface area contributed by atoms with Crippen molar-refractivity contribution in [1.82, 2.24) is 0 Å². The summed E-state index contributed by atoms with van der Waals surface area (Å²) < 4.78 is 10.6. The number of carbonyl (C=O) groups excluding carboxylic acids is 1. The van der Waals surface area contributed by atoms with Gasteiger partial charge in [0.05, 0.1) is 19.9 Å². The number of unbranched alkanes of at least 4 members (excludes halogenated alkanes) is 1. The summed E-state index contributed by atoms with van der Waals surface area (Å²) in [7, 11) is 3.01. The van der Waals surface area contributed by atoms with E-state index >= 15 is 0 Å². The molecule has 0 fully saturated rings. The molecule has 0 radical (unpaired) electrons. The van der Waals surface area contributed by atoms with Crippen molar-refractivity contribution in [2.75, 3.05) is 31.4 Å². The topological polar surface area (TPSA) is 38.8 Å². The second-order valence-corrected chi connectivity index (χ2v) is 8.70. The van der Waals surface area contributed by atoms with E-state index in [1.807, 2.05) is 30.0 Å². The van der Waals surface area contributed by atoms with Crippen molar-refractivity contribution >= 4 is 29.1 Å². The van der Waals surface area contributed by atoms with E-state index in [-0.39, 0.29) is 11.4 Å². The Hall–Kier alpha value is -2.14. The fourth-order valence-corrected chi connectivity index (χ4v) is 5.36. The number of para-hydroxylation sites is 1. The molecular weight excluding hydrogens is 382 g/mol. The first-order valence-corrected chi connectivity index (χ1v) is 11.3. The Labute approximate surface area is 178 Å². The van der Waals surface area contributed by atoms with Crippen molar-refractivity contribution in [2.45, 2.75) is 44.4 Å². The normalized spacial score (nSPS) is 18.7. The lowest BCUT2D eigenvalue weighted by molar-refractivity contribution is 0.0597. The van der Waals surface area contributed by atoms with E-state index in [2.05, 4.69) is 43.0 Å². The SMILES string of the molecule is CCCCC1(CC)CSc2cc(C(=O)OC)c(OC)cc2N(c2ccccc2)C1. The van der Waals surface area contributed by atoms with Crippen LogP contribution in [-0.4, -0.2) is 32.5 Å². The number of esters is 1. The highest BCUT2D eigenvalue weighted by atomic mass is 32.2. The number of hydrogen-bond donors (Lipinski definition) is 0. The molecular formula is C24H31NO3S. The van der Waals surface area contributed by atoms with Crippen LogP contribution in [0.15, 0.2) is 47.4 Å². The average molecular weight is 414 g/mol. The van der Waals surface area contributed by atoms with Gasteiger partial charge in [0.2, 0.25) is 0 Å². The summed E-state index contributed by atoms with van der Waals surface area (Å²) in [5.74, 6) is 1.22. The molecule has 29 heavy (non-hydrogen) atoms. The molecule has 0 spiro atoms. The lowest BCUT2D eigenvalue weighted by atomic mass is 9.81. The predicted molar refractivity (Wildman–Crippen MR) is 121 cm³/mol. The summed E-state index contributed by atoms with van der Waals surface area (Å²) in [5, 5.41) is 0. The van der Waals surface area contributed by atoms with Gasteiger partial charge >= 0.3 is 5.97 Å². The van der Waals surface area contributed by atoms with Crippen molar-refractivity contribution in [2.24, 2.45) is 5.41 Å². The fourth-order valence-electron chi connectivity index (χ4n) is 3.94. The summed E-state index contributed by atoms with van der Waals surface area (Å²) in [6.45, 7) is 5.51. The lowest BCUT2D eigenvalue weighted by Gasteiger charge is -2.36. The van der Waals surface area contributed by atoms with Crippen molar-refractivity contribution in [1.29, 1.82) is 0 Å². The molecule has 2 aromatic rings. The Kier molecular flexibility index (Phi) is 7.12. The maximum absolute atomic E-state index is 12.3. The second kappa shape index (κ2) is 9.57. The third-order valence-corrected chi connectivity index (χ3v) is 7.28. The largest absolute Gasteiger partial charge is 0.496 e. The molecule has 1 aliphatic heterocycles. The Bertz CT molecular complexity index is 840. The number of nitrogens with zero attached hydrogens (tertiary/aromatic N) is 1. The summed E-state index contributed by atoms with van der Waals surface area (Å²) in [6, 6.07) is 14.4. The van der Waals surface area contributed by atoms with Gasteiger partial charge in [-0.3, -0.25) is 0 Å². The van der Waals surface area contributed by atoms with Gasteiger partial charge in [-0.1, -0.05) is 44.9 Å². The molecule has 1 aliphatic rings. The number of carbonyl (C=O) groups is 1. The summed E-state index contributed by atoms with van der Waals surface area (Å²) in [5.41, 5.74) is 2.96. The van der Waals surface area contributed by atoms with E-state index in [1.54, 1.807) is 7.11 Å². The van der Waals surface area contributed by atoms with Crippen LogP contribution >= 0.6 is 11.8 Å². The minimum Gasteiger partial charge on any atom is -0.496 e. The van der Waals surface area contributed by atoms with Gasteiger partial charge in [-0.25, -0.2) is 4.79 Å². The van der Waals surface area contributed by atoms with Crippen LogP contribution < -0.4 is 9.64 Å². The van der Waals surface area contributed by atoms with E-state index in [9.17, 15) is 4.79 Å². The van der Waals surface area contributed by atoms with Crippen molar-refractivity contribution < 1.29 is 14.3 Å². The van der Waals surface area contributed by atoms with Crippen molar-refractivity contribution in [3.8, 4) is 5.75 Å². The van der Waals surface area contributed by atoms with Gasteiger partial charge in [-0.05, 0) is 36.5 Å². The number of ether oxygens (including phenoxy) is 2. The molecule has 2 aromatic carbocycles. The molecule has 156 valence electrons. The fraction of sp³-hybridized carbons (Fsp3) is 0.458. The number of rotatable bonds is 7. The van der Waals surface area contributed by atoms with Crippen LogP contribution in [0.3, 0.4) is 0 Å². The molecule has 0 amide bonds. The van der Waals surface area contributed by atoms with Gasteiger partial charge in [-0.2, -0.15) is 0 Å². The van der Waals surface area contributed by atoms with Gasteiger partial charge in [0.25, 0.3) is 0 Å². The maximum Gasteiger partial charge on any atom is 0.341 e. The molecule has 0 N–H and O–H groups in total. The van der Waals surface area contributed by atoms with Crippen molar-refractivity contribution in [3.63, 3.8) is 0 Å². The highest BCUT2D eigenvalue weighted by Crippen LogP contribution is 2.48. The zero-order valence-electron chi connectivity index (χ0n) is 17.9. The summed E-state index contributed by atoms with van der Waals surface area (Å²) >= 11 is 1.85. The average Bonchev–Trinajstić information content (AvgIpc) is 2.94. The Morgan fingerprint density at radius 1 is 1.17 bits per heavy atom. The smallest absolute Gasteiger partial charge is 0.341 e. The molecule has 1 heterocycles. The zero-order chi connectivity index (χ0) is 20.9. The molecule has 0 saturated carbocycles. The summed E-state index contributed by atoms with van der Waals surface area (Å²) in [6.07, 6.45) is 4.75. The van der Waals surface area contributed by atoms with Crippen LogP contribution in [0.25, 0.3) is 0 Å². The minimum atomic E-state index is -0.367. The quantitative estimate of drug-likeness (QED) is 0.497.